The lowest BCUT2D eigenvalue weighted by Crippen LogP contribution is -2.12. The average molecular weight is 303 g/mol. The zero-order chi connectivity index (χ0) is 15.1. The molecule has 110 valence electrons. The summed E-state index contributed by atoms with van der Waals surface area (Å²) in [6.45, 7) is 0. The molecule has 0 unspecified atom stereocenters. The Kier molecular flexibility index (Phi) is 5.45. The molecule has 0 spiro atoms. The van der Waals surface area contributed by atoms with Crippen molar-refractivity contribution in [2.75, 3.05) is 23.9 Å². The number of carbonyl (C=O) groups is 1. The van der Waals surface area contributed by atoms with Crippen LogP contribution in [0.2, 0.25) is 0 Å². The van der Waals surface area contributed by atoms with E-state index in [2.05, 4.69) is 10.3 Å². The van der Waals surface area contributed by atoms with E-state index in [1.165, 1.54) is 0 Å². The highest BCUT2D eigenvalue weighted by molar-refractivity contribution is 7.99. The number of anilines is 2. The standard InChI is InChI=1S/C15H17N3O2S/c1-20-13-5-3-2-4-12(13)18-15(19)8-9-21-11-6-7-14(16)17-10-11/h2-7,10H,8-9H2,1H3,(H2,16,17)(H,18,19). The van der Waals surface area contributed by atoms with Crippen molar-refractivity contribution in [3.8, 4) is 5.75 Å². The number of carbonyl (C=O) groups excluding carboxylic acids is 1. The minimum atomic E-state index is -0.0459. The molecule has 6 heteroatoms. The van der Waals surface area contributed by atoms with E-state index in [1.807, 2.05) is 30.3 Å². The summed E-state index contributed by atoms with van der Waals surface area (Å²) in [4.78, 5) is 16.9. The molecule has 0 radical (unpaired) electrons. The van der Waals surface area contributed by atoms with Gasteiger partial charge in [0.15, 0.2) is 0 Å². The number of para-hydroxylation sites is 2. The molecule has 0 saturated heterocycles. The number of pyridine rings is 1. The van der Waals surface area contributed by atoms with E-state index in [-0.39, 0.29) is 5.91 Å². The van der Waals surface area contributed by atoms with E-state index < -0.39 is 0 Å². The van der Waals surface area contributed by atoms with Gasteiger partial charge in [-0.1, -0.05) is 12.1 Å². The maximum atomic E-state index is 11.9. The molecule has 1 aromatic carbocycles. The summed E-state index contributed by atoms with van der Waals surface area (Å²) in [6, 6.07) is 11.0. The van der Waals surface area contributed by atoms with Gasteiger partial charge in [-0.2, -0.15) is 0 Å². The van der Waals surface area contributed by atoms with Gasteiger partial charge < -0.3 is 15.8 Å². The van der Waals surface area contributed by atoms with Gasteiger partial charge in [0.1, 0.15) is 11.6 Å². The second-order valence-electron chi connectivity index (χ2n) is 4.27. The summed E-state index contributed by atoms with van der Waals surface area (Å²) >= 11 is 1.57. The Morgan fingerprint density at radius 3 is 2.86 bits per heavy atom. The molecule has 2 rings (SSSR count). The van der Waals surface area contributed by atoms with Crippen molar-refractivity contribution in [3.05, 3.63) is 42.6 Å². The second kappa shape index (κ2) is 7.54. The molecule has 0 aliphatic carbocycles. The lowest BCUT2D eigenvalue weighted by Gasteiger charge is -2.09. The lowest BCUT2D eigenvalue weighted by atomic mass is 10.3. The van der Waals surface area contributed by atoms with E-state index >= 15 is 0 Å². The number of methoxy groups -OCH3 is 1. The summed E-state index contributed by atoms with van der Waals surface area (Å²) in [5.74, 6) is 1.77. The molecule has 1 heterocycles. The third kappa shape index (κ3) is 4.68. The zero-order valence-electron chi connectivity index (χ0n) is 11.7. The number of ether oxygens (including phenoxy) is 1. The first kappa shape index (κ1) is 15.2. The number of nitrogens with two attached hydrogens (primary N) is 1. The SMILES string of the molecule is COc1ccccc1NC(=O)CCSc1ccc(N)nc1. The van der Waals surface area contributed by atoms with Crippen molar-refractivity contribution in [1.29, 1.82) is 0 Å². The first-order valence-corrected chi connectivity index (χ1v) is 7.45. The number of nitrogen functional groups attached to an aromatic ring is 1. The van der Waals surface area contributed by atoms with Crippen LogP contribution in [0.3, 0.4) is 0 Å². The fourth-order valence-electron chi connectivity index (χ4n) is 1.70. The minimum absolute atomic E-state index is 0.0459. The number of benzene rings is 1. The van der Waals surface area contributed by atoms with Gasteiger partial charge in [0.25, 0.3) is 0 Å². The molecular formula is C15H17N3O2S. The Labute approximate surface area is 127 Å². The molecule has 3 N–H and O–H groups in total. The summed E-state index contributed by atoms with van der Waals surface area (Å²) in [6.07, 6.45) is 2.12. The summed E-state index contributed by atoms with van der Waals surface area (Å²) in [5, 5.41) is 2.84. The molecule has 0 fully saturated rings. The molecule has 0 aliphatic rings. The Balaban J connectivity index is 1.81. The highest BCUT2D eigenvalue weighted by Crippen LogP contribution is 2.24. The van der Waals surface area contributed by atoms with Gasteiger partial charge in [0.2, 0.25) is 5.91 Å². The van der Waals surface area contributed by atoms with E-state index in [4.69, 9.17) is 10.5 Å². The summed E-state index contributed by atoms with van der Waals surface area (Å²) < 4.78 is 5.19. The molecule has 0 atom stereocenters. The number of nitrogens with zero attached hydrogens (tertiary/aromatic N) is 1. The molecule has 0 bridgehead atoms. The molecule has 2 aromatic rings. The van der Waals surface area contributed by atoms with Crippen LogP contribution >= 0.6 is 11.8 Å². The average Bonchev–Trinajstić information content (AvgIpc) is 2.50. The van der Waals surface area contributed by atoms with Crippen LogP contribution in [-0.2, 0) is 4.79 Å². The Hall–Kier alpha value is -2.21. The maximum Gasteiger partial charge on any atom is 0.225 e. The Morgan fingerprint density at radius 1 is 1.33 bits per heavy atom. The molecule has 1 aromatic heterocycles. The highest BCUT2D eigenvalue weighted by Gasteiger charge is 2.07. The molecule has 21 heavy (non-hydrogen) atoms. The topological polar surface area (TPSA) is 77.2 Å². The minimum Gasteiger partial charge on any atom is -0.495 e. The molecule has 0 aliphatic heterocycles. The first-order valence-electron chi connectivity index (χ1n) is 6.46. The van der Waals surface area contributed by atoms with Crippen molar-refractivity contribution < 1.29 is 9.53 Å². The Morgan fingerprint density at radius 2 is 2.14 bits per heavy atom. The van der Waals surface area contributed by atoms with Gasteiger partial charge >= 0.3 is 0 Å². The van der Waals surface area contributed by atoms with Gasteiger partial charge in [-0.3, -0.25) is 4.79 Å². The zero-order valence-corrected chi connectivity index (χ0v) is 12.5. The largest absolute Gasteiger partial charge is 0.495 e. The maximum absolute atomic E-state index is 11.9. The van der Waals surface area contributed by atoms with Crippen molar-refractivity contribution in [3.63, 3.8) is 0 Å². The smallest absolute Gasteiger partial charge is 0.225 e. The van der Waals surface area contributed by atoms with E-state index in [0.717, 1.165) is 4.90 Å². The van der Waals surface area contributed by atoms with Crippen LogP contribution < -0.4 is 15.8 Å². The summed E-state index contributed by atoms with van der Waals surface area (Å²) in [5.41, 5.74) is 6.20. The van der Waals surface area contributed by atoms with Gasteiger partial charge in [-0.05, 0) is 24.3 Å². The third-order valence-electron chi connectivity index (χ3n) is 2.74. The number of aromatic nitrogens is 1. The number of thioether (sulfide) groups is 1. The van der Waals surface area contributed by atoms with Crippen LogP contribution in [0.15, 0.2) is 47.5 Å². The van der Waals surface area contributed by atoms with Gasteiger partial charge in [0, 0.05) is 23.3 Å². The van der Waals surface area contributed by atoms with Crippen LogP contribution in [-0.4, -0.2) is 23.8 Å². The normalized spacial score (nSPS) is 10.1. The molecule has 0 saturated carbocycles. The van der Waals surface area contributed by atoms with Gasteiger partial charge in [0.05, 0.1) is 12.8 Å². The van der Waals surface area contributed by atoms with Crippen molar-refractivity contribution in [2.24, 2.45) is 0 Å². The first-order chi connectivity index (χ1) is 10.2. The van der Waals surface area contributed by atoms with Gasteiger partial charge in [-0.15, -0.1) is 11.8 Å². The molecular weight excluding hydrogens is 286 g/mol. The summed E-state index contributed by atoms with van der Waals surface area (Å²) in [7, 11) is 1.58. The van der Waals surface area contributed by atoms with Gasteiger partial charge in [-0.25, -0.2) is 4.98 Å². The quantitative estimate of drug-likeness (QED) is 0.802. The highest BCUT2D eigenvalue weighted by atomic mass is 32.2. The van der Waals surface area contributed by atoms with E-state index in [0.29, 0.717) is 29.4 Å². The number of hydrogen-bond donors (Lipinski definition) is 2. The van der Waals surface area contributed by atoms with Crippen molar-refractivity contribution in [1.82, 2.24) is 4.98 Å². The van der Waals surface area contributed by atoms with Crippen molar-refractivity contribution in [2.45, 2.75) is 11.3 Å². The predicted molar refractivity (Wildman–Crippen MR) is 85.6 cm³/mol. The van der Waals surface area contributed by atoms with Crippen LogP contribution in [0.4, 0.5) is 11.5 Å². The van der Waals surface area contributed by atoms with Crippen LogP contribution in [0.1, 0.15) is 6.42 Å². The fourth-order valence-corrected chi connectivity index (χ4v) is 2.51. The number of rotatable bonds is 6. The number of nitrogens with one attached hydrogen (secondary N) is 1. The monoisotopic (exact) mass is 303 g/mol. The molecule has 5 nitrogen and oxygen atoms in total. The fraction of sp³-hybridized carbons (Fsp3) is 0.200. The third-order valence-corrected chi connectivity index (χ3v) is 3.72. The predicted octanol–water partition coefficient (Wildman–Crippen LogP) is 2.79. The van der Waals surface area contributed by atoms with Crippen LogP contribution in [0.5, 0.6) is 5.75 Å². The van der Waals surface area contributed by atoms with E-state index in [1.54, 1.807) is 31.1 Å². The van der Waals surface area contributed by atoms with Crippen LogP contribution in [0, 0.1) is 0 Å². The lowest BCUT2D eigenvalue weighted by molar-refractivity contribution is -0.115. The van der Waals surface area contributed by atoms with E-state index in [9.17, 15) is 4.79 Å². The number of amides is 1. The van der Waals surface area contributed by atoms with Crippen LogP contribution in [0.25, 0.3) is 0 Å². The second-order valence-corrected chi connectivity index (χ2v) is 5.43. The Bertz CT molecular complexity index is 602. The number of hydrogen-bond acceptors (Lipinski definition) is 5. The molecule has 1 amide bonds. The van der Waals surface area contributed by atoms with Crippen molar-refractivity contribution >= 4 is 29.2 Å².